The highest BCUT2D eigenvalue weighted by molar-refractivity contribution is 7.89. The first kappa shape index (κ1) is 12.3. The van der Waals surface area contributed by atoms with Crippen LogP contribution in [0.15, 0.2) is 23.4 Å². The third-order valence-corrected chi connectivity index (χ3v) is 4.99. The molecule has 0 bridgehead atoms. The largest absolute Gasteiger partial charge is 0.396 e. The van der Waals surface area contributed by atoms with E-state index in [-0.39, 0.29) is 10.7 Å². The fourth-order valence-electron chi connectivity index (χ4n) is 1.90. The van der Waals surface area contributed by atoms with E-state index in [0.29, 0.717) is 12.5 Å². The predicted molar refractivity (Wildman–Crippen MR) is 65.8 cm³/mol. The first-order valence-corrected chi connectivity index (χ1v) is 7.12. The lowest BCUT2D eigenvalue weighted by molar-refractivity contribution is 0.262. The summed E-state index contributed by atoms with van der Waals surface area (Å²) in [5.74, 6) is 0.486. The van der Waals surface area contributed by atoms with Crippen molar-refractivity contribution in [2.45, 2.75) is 24.3 Å². The summed E-state index contributed by atoms with van der Waals surface area (Å²) in [5, 5.41) is -0.0400. The maximum atomic E-state index is 12.2. The van der Waals surface area contributed by atoms with Crippen molar-refractivity contribution in [2.75, 3.05) is 19.3 Å². The first-order chi connectivity index (χ1) is 8.01. The number of anilines is 1. The van der Waals surface area contributed by atoms with E-state index in [4.69, 9.17) is 5.73 Å². The number of nitrogen functional groups attached to an aromatic ring is 1. The summed E-state index contributed by atoms with van der Waals surface area (Å²) in [6, 6.07) is 3.18. The summed E-state index contributed by atoms with van der Waals surface area (Å²) in [6.07, 6.45) is 4.86. The Hall–Kier alpha value is -1.14. The molecular formula is C11H17N3O2S. The van der Waals surface area contributed by atoms with E-state index in [1.165, 1.54) is 16.9 Å². The van der Waals surface area contributed by atoms with Crippen molar-refractivity contribution in [1.29, 1.82) is 0 Å². The van der Waals surface area contributed by atoms with Gasteiger partial charge in [0.2, 0.25) is 0 Å². The minimum atomic E-state index is -3.54. The number of sulfonamides is 1. The van der Waals surface area contributed by atoms with Gasteiger partial charge >= 0.3 is 0 Å². The summed E-state index contributed by atoms with van der Waals surface area (Å²) in [7, 11) is -1.96. The summed E-state index contributed by atoms with van der Waals surface area (Å²) >= 11 is 0. The quantitative estimate of drug-likeness (QED) is 0.873. The highest BCUT2D eigenvalue weighted by atomic mass is 32.2. The number of rotatable bonds is 4. The summed E-state index contributed by atoms with van der Waals surface area (Å²) in [6.45, 7) is 0.554. The van der Waals surface area contributed by atoms with Crippen LogP contribution in [0.3, 0.4) is 0 Å². The van der Waals surface area contributed by atoms with E-state index in [2.05, 4.69) is 4.98 Å². The van der Waals surface area contributed by atoms with Crippen molar-refractivity contribution >= 4 is 15.7 Å². The molecule has 0 spiro atoms. The van der Waals surface area contributed by atoms with Gasteiger partial charge in [-0.3, -0.25) is 0 Å². The van der Waals surface area contributed by atoms with Gasteiger partial charge in [0.05, 0.1) is 5.69 Å². The van der Waals surface area contributed by atoms with E-state index in [1.54, 1.807) is 19.2 Å². The summed E-state index contributed by atoms with van der Waals surface area (Å²) < 4.78 is 25.8. The second-order valence-electron chi connectivity index (χ2n) is 4.48. The Bertz CT molecular complexity index is 497. The highest BCUT2D eigenvalue weighted by Gasteiger charge is 2.28. The van der Waals surface area contributed by atoms with Gasteiger partial charge in [-0.15, -0.1) is 0 Å². The molecule has 1 aromatic heterocycles. The fourth-order valence-corrected chi connectivity index (χ4v) is 3.17. The standard InChI is InChI=1S/C11H17N3O2S/c1-14(8-9-4-2-5-9)17(15,16)11-10(12)6-3-7-13-11/h3,6-7,9H,2,4-5,8,12H2,1H3. The van der Waals surface area contributed by atoms with Gasteiger partial charge in [0.15, 0.2) is 5.03 Å². The zero-order valence-corrected chi connectivity index (χ0v) is 10.7. The lowest BCUT2D eigenvalue weighted by atomic mass is 9.86. The van der Waals surface area contributed by atoms with Crippen molar-refractivity contribution in [3.8, 4) is 0 Å². The molecule has 1 aliphatic rings. The van der Waals surface area contributed by atoms with Crippen molar-refractivity contribution in [3.05, 3.63) is 18.3 Å². The van der Waals surface area contributed by atoms with Gasteiger partial charge < -0.3 is 5.73 Å². The molecule has 0 radical (unpaired) electrons. The summed E-state index contributed by atoms with van der Waals surface area (Å²) in [4.78, 5) is 3.87. The topological polar surface area (TPSA) is 76.3 Å². The second kappa shape index (κ2) is 4.62. The highest BCUT2D eigenvalue weighted by Crippen LogP contribution is 2.28. The van der Waals surface area contributed by atoms with Crippen molar-refractivity contribution < 1.29 is 8.42 Å². The molecule has 0 aliphatic heterocycles. The molecule has 0 amide bonds. The van der Waals surface area contributed by atoms with Gasteiger partial charge in [-0.1, -0.05) is 6.42 Å². The van der Waals surface area contributed by atoms with Crippen LogP contribution in [-0.4, -0.2) is 31.3 Å². The molecule has 6 heteroatoms. The van der Waals surface area contributed by atoms with Crippen LogP contribution in [0.2, 0.25) is 0 Å². The third kappa shape index (κ3) is 2.42. The zero-order valence-electron chi connectivity index (χ0n) is 9.83. The van der Waals surface area contributed by atoms with Crippen molar-refractivity contribution in [1.82, 2.24) is 9.29 Å². The van der Waals surface area contributed by atoms with Crippen LogP contribution in [0.4, 0.5) is 5.69 Å². The average molecular weight is 255 g/mol. The van der Waals surface area contributed by atoms with Crippen LogP contribution in [0, 0.1) is 5.92 Å². The SMILES string of the molecule is CN(CC1CCC1)S(=O)(=O)c1ncccc1N. The minimum Gasteiger partial charge on any atom is -0.396 e. The maximum absolute atomic E-state index is 12.2. The van der Waals surface area contributed by atoms with E-state index in [1.807, 2.05) is 0 Å². The molecule has 5 nitrogen and oxygen atoms in total. The monoisotopic (exact) mass is 255 g/mol. The van der Waals surface area contributed by atoms with Gasteiger partial charge in [-0.2, -0.15) is 4.31 Å². The zero-order chi connectivity index (χ0) is 12.5. The molecule has 0 saturated heterocycles. The number of aromatic nitrogens is 1. The molecule has 1 saturated carbocycles. The van der Waals surface area contributed by atoms with Crippen LogP contribution >= 0.6 is 0 Å². The van der Waals surface area contributed by atoms with Crippen LogP contribution in [-0.2, 0) is 10.0 Å². The smallest absolute Gasteiger partial charge is 0.262 e. The van der Waals surface area contributed by atoms with Crippen molar-refractivity contribution in [2.24, 2.45) is 5.92 Å². The first-order valence-electron chi connectivity index (χ1n) is 5.68. The van der Waals surface area contributed by atoms with Gasteiger partial charge in [-0.05, 0) is 30.9 Å². The Labute approximate surface area is 102 Å². The Morgan fingerprint density at radius 3 is 2.76 bits per heavy atom. The molecule has 1 aliphatic carbocycles. The maximum Gasteiger partial charge on any atom is 0.262 e. The van der Waals surface area contributed by atoms with Gasteiger partial charge in [0, 0.05) is 19.8 Å². The van der Waals surface area contributed by atoms with Gasteiger partial charge in [-0.25, -0.2) is 13.4 Å². The molecule has 94 valence electrons. The number of hydrogen-bond acceptors (Lipinski definition) is 4. The van der Waals surface area contributed by atoms with E-state index in [9.17, 15) is 8.42 Å². The lowest BCUT2D eigenvalue weighted by Gasteiger charge is -2.29. The Morgan fingerprint density at radius 2 is 2.24 bits per heavy atom. The lowest BCUT2D eigenvalue weighted by Crippen LogP contribution is -2.35. The Balaban J connectivity index is 2.20. The molecule has 1 fully saturated rings. The second-order valence-corrected chi connectivity index (χ2v) is 6.44. The van der Waals surface area contributed by atoms with E-state index >= 15 is 0 Å². The molecule has 17 heavy (non-hydrogen) atoms. The summed E-state index contributed by atoms with van der Waals surface area (Å²) in [5.41, 5.74) is 5.86. The number of nitrogens with two attached hydrogens (primary N) is 1. The molecule has 2 rings (SSSR count). The molecule has 1 aromatic rings. The van der Waals surface area contributed by atoms with E-state index < -0.39 is 10.0 Å². The van der Waals surface area contributed by atoms with Crippen LogP contribution in [0.25, 0.3) is 0 Å². The molecule has 2 N–H and O–H groups in total. The van der Waals surface area contributed by atoms with Crippen molar-refractivity contribution in [3.63, 3.8) is 0 Å². The Kier molecular flexibility index (Phi) is 3.35. The third-order valence-electron chi connectivity index (χ3n) is 3.20. The average Bonchev–Trinajstić information content (AvgIpc) is 2.23. The number of nitrogens with zero attached hydrogens (tertiary/aromatic N) is 2. The number of hydrogen-bond donors (Lipinski definition) is 1. The Morgan fingerprint density at radius 1 is 1.53 bits per heavy atom. The minimum absolute atomic E-state index is 0.0400. The van der Waals surface area contributed by atoms with Crippen LogP contribution < -0.4 is 5.73 Å². The van der Waals surface area contributed by atoms with Crippen LogP contribution in [0.1, 0.15) is 19.3 Å². The molecule has 0 unspecified atom stereocenters. The fraction of sp³-hybridized carbons (Fsp3) is 0.545. The number of pyridine rings is 1. The molecule has 0 atom stereocenters. The molecule has 0 aromatic carbocycles. The van der Waals surface area contributed by atoms with Gasteiger partial charge in [0.1, 0.15) is 0 Å². The van der Waals surface area contributed by atoms with Crippen LogP contribution in [0.5, 0.6) is 0 Å². The molecule has 1 heterocycles. The predicted octanol–water partition coefficient (Wildman–Crippen LogP) is 1.08. The normalized spacial score (nSPS) is 17.1. The molecular weight excluding hydrogens is 238 g/mol. The van der Waals surface area contributed by atoms with Gasteiger partial charge in [0.25, 0.3) is 10.0 Å². The van der Waals surface area contributed by atoms with E-state index in [0.717, 1.165) is 12.8 Å².